The Hall–Kier alpha value is -2.80. The summed E-state index contributed by atoms with van der Waals surface area (Å²) in [7, 11) is -3.82. The van der Waals surface area contributed by atoms with Gasteiger partial charge in [-0.1, -0.05) is 29.8 Å². The number of sulfonamides is 1. The number of benzene rings is 2. The molecule has 2 heterocycles. The van der Waals surface area contributed by atoms with E-state index < -0.39 is 34.1 Å². The van der Waals surface area contributed by atoms with Crippen molar-refractivity contribution in [3.05, 3.63) is 70.6 Å². The number of amides is 1. The molecule has 2 aromatic carbocycles. The lowest BCUT2D eigenvalue weighted by atomic mass is 10.2. The normalized spacial score (nSPS) is 16.6. The topological polar surface area (TPSA) is 84.9 Å². The van der Waals surface area contributed by atoms with Gasteiger partial charge in [-0.05, 0) is 54.8 Å². The third kappa shape index (κ3) is 6.49. The lowest BCUT2D eigenvalue weighted by Crippen LogP contribution is -2.45. The van der Waals surface area contributed by atoms with E-state index in [2.05, 4.69) is 10.1 Å². The average molecular weight is 561 g/mol. The minimum absolute atomic E-state index is 0.0956. The van der Waals surface area contributed by atoms with Crippen LogP contribution in [0, 0.1) is 0 Å². The van der Waals surface area contributed by atoms with E-state index >= 15 is 0 Å². The molecule has 13 heteroatoms. The number of thiophene rings is 1. The number of hydrogen-bond donors (Lipinski definition) is 1. The van der Waals surface area contributed by atoms with Crippen LogP contribution in [0.4, 0.5) is 13.2 Å². The van der Waals surface area contributed by atoms with Crippen LogP contribution in [-0.4, -0.2) is 37.6 Å². The molecular formula is C23H20ClF3N2O5S2. The Morgan fingerprint density at radius 1 is 1.08 bits per heavy atom. The minimum Gasteiger partial charge on any atom is -0.457 e. The van der Waals surface area contributed by atoms with Crippen LogP contribution >= 0.6 is 22.9 Å². The molecule has 4 rings (SSSR count). The summed E-state index contributed by atoms with van der Waals surface area (Å²) in [6.45, 7) is 0.403. The molecule has 0 bridgehead atoms. The third-order valence-electron chi connectivity index (χ3n) is 5.28. The highest BCUT2D eigenvalue weighted by Crippen LogP contribution is 2.32. The largest absolute Gasteiger partial charge is 0.573 e. The van der Waals surface area contributed by atoms with Crippen molar-refractivity contribution in [1.82, 2.24) is 9.62 Å². The lowest BCUT2D eigenvalue weighted by molar-refractivity contribution is -0.274. The summed E-state index contributed by atoms with van der Waals surface area (Å²) in [6.07, 6.45) is -3.83. The number of nitrogens with zero attached hydrogens (tertiary/aromatic N) is 1. The molecule has 0 spiro atoms. The number of carbonyl (C=O) groups is 1. The zero-order valence-corrected chi connectivity index (χ0v) is 20.9. The molecule has 3 aromatic rings. The van der Waals surface area contributed by atoms with Crippen molar-refractivity contribution >= 4 is 38.9 Å². The van der Waals surface area contributed by atoms with E-state index in [0.717, 1.165) is 23.0 Å². The molecule has 1 amide bonds. The fourth-order valence-corrected chi connectivity index (χ4v) is 6.96. The van der Waals surface area contributed by atoms with E-state index in [1.54, 1.807) is 24.3 Å². The van der Waals surface area contributed by atoms with Crippen molar-refractivity contribution in [3.63, 3.8) is 0 Å². The molecule has 1 aromatic heterocycles. The molecule has 192 valence electrons. The molecule has 0 radical (unpaired) electrons. The zero-order chi connectivity index (χ0) is 25.9. The highest BCUT2D eigenvalue weighted by molar-refractivity contribution is 7.91. The van der Waals surface area contributed by atoms with E-state index in [9.17, 15) is 26.4 Å². The summed E-state index contributed by atoms with van der Waals surface area (Å²) in [5.74, 6) is -0.269. The molecule has 0 saturated carbocycles. The van der Waals surface area contributed by atoms with Gasteiger partial charge in [-0.3, -0.25) is 4.79 Å². The SMILES string of the molecule is O=C(NCc1ccc(Oc2cccc(OC(F)(F)F)c2)cc1)[C@@H]1CCCN1S(=O)(=O)c1ccc(Cl)s1. The number of carbonyl (C=O) groups excluding carboxylic acids is 1. The predicted octanol–water partition coefficient (Wildman–Crippen LogP) is 5.56. The maximum atomic E-state index is 12.9. The summed E-state index contributed by atoms with van der Waals surface area (Å²) >= 11 is 6.82. The van der Waals surface area contributed by atoms with Gasteiger partial charge in [-0.15, -0.1) is 24.5 Å². The molecule has 1 saturated heterocycles. The molecule has 36 heavy (non-hydrogen) atoms. The van der Waals surface area contributed by atoms with Crippen molar-refractivity contribution in [2.75, 3.05) is 6.54 Å². The summed E-state index contributed by atoms with van der Waals surface area (Å²) < 4.78 is 74.2. The quantitative estimate of drug-likeness (QED) is 0.390. The number of rotatable bonds is 8. The highest BCUT2D eigenvalue weighted by Gasteiger charge is 2.40. The summed E-state index contributed by atoms with van der Waals surface area (Å²) in [5, 5.41) is 2.77. The molecule has 1 aliphatic heterocycles. The Morgan fingerprint density at radius 3 is 2.47 bits per heavy atom. The van der Waals surface area contributed by atoms with Crippen molar-refractivity contribution in [2.45, 2.75) is 36.0 Å². The summed E-state index contributed by atoms with van der Waals surface area (Å²) in [6, 6.07) is 13.8. The van der Waals surface area contributed by atoms with E-state index in [4.69, 9.17) is 16.3 Å². The van der Waals surface area contributed by atoms with Gasteiger partial charge in [0.15, 0.2) is 0 Å². The molecular weight excluding hydrogens is 541 g/mol. The summed E-state index contributed by atoms with van der Waals surface area (Å²) in [4.78, 5) is 12.8. The first-order valence-corrected chi connectivity index (χ1v) is 13.3. The fraction of sp³-hybridized carbons (Fsp3) is 0.261. The zero-order valence-electron chi connectivity index (χ0n) is 18.5. The molecule has 0 unspecified atom stereocenters. The van der Waals surface area contributed by atoms with Crippen molar-refractivity contribution in [2.24, 2.45) is 0 Å². The number of nitrogens with one attached hydrogen (secondary N) is 1. The van der Waals surface area contributed by atoms with Gasteiger partial charge in [0, 0.05) is 19.2 Å². The molecule has 1 N–H and O–H groups in total. The van der Waals surface area contributed by atoms with E-state index in [1.807, 2.05) is 0 Å². The Kier molecular flexibility index (Phi) is 7.79. The van der Waals surface area contributed by atoms with Crippen LogP contribution in [0.2, 0.25) is 4.34 Å². The Bertz CT molecular complexity index is 1330. The van der Waals surface area contributed by atoms with Crippen molar-refractivity contribution in [3.8, 4) is 17.2 Å². The van der Waals surface area contributed by atoms with Crippen LogP contribution in [0.1, 0.15) is 18.4 Å². The van der Waals surface area contributed by atoms with Gasteiger partial charge in [-0.2, -0.15) is 4.31 Å². The highest BCUT2D eigenvalue weighted by atomic mass is 35.5. The molecule has 1 fully saturated rings. The van der Waals surface area contributed by atoms with Gasteiger partial charge < -0.3 is 14.8 Å². The van der Waals surface area contributed by atoms with E-state index in [-0.39, 0.29) is 23.0 Å². The van der Waals surface area contributed by atoms with Gasteiger partial charge in [0.25, 0.3) is 10.0 Å². The lowest BCUT2D eigenvalue weighted by Gasteiger charge is -2.22. The second-order valence-corrected chi connectivity index (χ2v) is 11.7. The molecule has 1 aliphatic rings. The predicted molar refractivity (Wildman–Crippen MR) is 128 cm³/mol. The van der Waals surface area contributed by atoms with Gasteiger partial charge in [0.2, 0.25) is 5.91 Å². The number of hydrogen-bond acceptors (Lipinski definition) is 6. The monoisotopic (exact) mass is 560 g/mol. The Labute approximate surface area is 214 Å². The van der Waals surface area contributed by atoms with Crippen LogP contribution in [0.15, 0.2) is 64.9 Å². The second-order valence-electron chi connectivity index (χ2n) is 7.82. The standard InChI is InChI=1S/C23H20ClF3N2O5S2/c24-20-10-11-21(35-20)36(31,32)29-12-2-5-19(29)22(30)28-14-15-6-8-16(9-7-15)33-17-3-1-4-18(13-17)34-23(25,26)27/h1,3-4,6-11,13,19H,2,5,12,14H2,(H,28,30)/t19-/m0/s1. The average Bonchev–Trinajstić information content (AvgIpc) is 3.48. The van der Waals surface area contributed by atoms with Crippen LogP contribution in [0.3, 0.4) is 0 Å². The smallest absolute Gasteiger partial charge is 0.457 e. The first kappa shape index (κ1) is 26.3. The van der Waals surface area contributed by atoms with Gasteiger partial charge >= 0.3 is 6.36 Å². The first-order chi connectivity index (χ1) is 17.0. The Morgan fingerprint density at radius 2 is 1.81 bits per heavy atom. The van der Waals surface area contributed by atoms with E-state index in [1.165, 1.54) is 34.6 Å². The summed E-state index contributed by atoms with van der Waals surface area (Å²) in [5.41, 5.74) is 0.724. The van der Waals surface area contributed by atoms with Crippen LogP contribution in [0.5, 0.6) is 17.2 Å². The molecule has 7 nitrogen and oxygen atoms in total. The van der Waals surface area contributed by atoms with Crippen LogP contribution < -0.4 is 14.8 Å². The van der Waals surface area contributed by atoms with Crippen LogP contribution in [0.25, 0.3) is 0 Å². The molecule has 1 atom stereocenters. The number of alkyl halides is 3. The van der Waals surface area contributed by atoms with Gasteiger partial charge in [0.1, 0.15) is 27.5 Å². The maximum absolute atomic E-state index is 12.9. The Balaban J connectivity index is 1.34. The number of halogens is 4. The van der Waals surface area contributed by atoms with Crippen molar-refractivity contribution in [1.29, 1.82) is 0 Å². The third-order valence-corrected chi connectivity index (χ3v) is 8.89. The van der Waals surface area contributed by atoms with E-state index in [0.29, 0.717) is 22.9 Å². The fourth-order valence-electron chi connectivity index (χ4n) is 3.70. The number of ether oxygens (including phenoxy) is 2. The van der Waals surface area contributed by atoms with Crippen LogP contribution in [-0.2, 0) is 21.4 Å². The first-order valence-electron chi connectivity index (χ1n) is 10.7. The van der Waals surface area contributed by atoms with Gasteiger partial charge in [0.05, 0.1) is 4.34 Å². The minimum atomic E-state index is -4.80. The molecule has 0 aliphatic carbocycles. The van der Waals surface area contributed by atoms with Crippen molar-refractivity contribution < 1.29 is 35.9 Å². The maximum Gasteiger partial charge on any atom is 0.573 e. The second kappa shape index (κ2) is 10.7. The van der Waals surface area contributed by atoms with Gasteiger partial charge in [-0.25, -0.2) is 8.42 Å².